The minimum absolute atomic E-state index is 0.0307. The lowest BCUT2D eigenvalue weighted by atomic mass is 9.89. The van der Waals surface area contributed by atoms with Crippen molar-refractivity contribution in [3.8, 4) is 5.75 Å². The Morgan fingerprint density at radius 2 is 1.88 bits per heavy atom. The molecule has 2 fully saturated rings. The Morgan fingerprint density at radius 1 is 1.21 bits per heavy atom. The van der Waals surface area contributed by atoms with Gasteiger partial charge in [-0.1, -0.05) is 18.2 Å². The monoisotopic (exact) mass is 342 g/mol. The first-order chi connectivity index (χ1) is 11.4. The molecular formula is C17H21F3N2O2. The van der Waals surface area contributed by atoms with Crippen LogP contribution in [-0.2, 0) is 11.3 Å². The highest BCUT2D eigenvalue weighted by Crippen LogP contribution is 2.32. The third-order valence-electron chi connectivity index (χ3n) is 4.72. The normalized spacial score (nSPS) is 26.2. The summed E-state index contributed by atoms with van der Waals surface area (Å²) in [4.78, 5) is 12.1. The van der Waals surface area contributed by atoms with Crippen molar-refractivity contribution in [3.63, 3.8) is 0 Å². The molecule has 2 saturated heterocycles. The van der Waals surface area contributed by atoms with E-state index in [9.17, 15) is 18.0 Å². The van der Waals surface area contributed by atoms with Crippen LogP contribution in [0.5, 0.6) is 5.75 Å². The lowest BCUT2D eigenvalue weighted by Gasteiger charge is -2.28. The summed E-state index contributed by atoms with van der Waals surface area (Å²) in [5.41, 5.74) is 0.313. The number of carbonyl (C=O) groups is 1. The quantitative estimate of drug-likeness (QED) is 0.864. The topological polar surface area (TPSA) is 50.4 Å². The maximum atomic E-state index is 12.4. The van der Waals surface area contributed by atoms with Crippen molar-refractivity contribution >= 4 is 5.91 Å². The van der Waals surface area contributed by atoms with Crippen LogP contribution in [0.4, 0.5) is 13.2 Å². The number of rotatable bonds is 5. The Labute approximate surface area is 138 Å². The summed E-state index contributed by atoms with van der Waals surface area (Å²) in [6.07, 6.45) is 0.0245. The highest BCUT2D eigenvalue weighted by atomic mass is 19.4. The number of halogens is 3. The van der Waals surface area contributed by atoms with Crippen molar-refractivity contribution in [2.75, 3.05) is 0 Å². The molecule has 1 aromatic carbocycles. The summed E-state index contributed by atoms with van der Waals surface area (Å²) in [7, 11) is 0. The number of amides is 1. The Bertz CT molecular complexity index is 579. The lowest BCUT2D eigenvalue weighted by molar-refractivity contribution is -0.274. The molecule has 1 aromatic rings. The minimum atomic E-state index is -4.74. The van der Waals surface area contributed by atoms with E-state index in [1.165, 1.54) is 31.0 Å². The molecule has 2 N–H and O–H groups in total. The van der Waals surface area contributed by atoms with Gasteiger partial charge >= 0.3 is 6.36 Å². The Hall–Kier alpha value is -1.76. The van der Waals surface area contributed by atoms with E-state index >= 15 is 0 Å². The fraction of sp³-hybridized carbons (Fsp3) is 0.588. The van der Waals surface area contributed by atoms with Gasteiger partial charge in [0.05, 0.1) is 0 Å². The van der Waals surface area contributed by atoms with Crippen molar-refractivity contribution < 1.29 is 22.7 Å². The first-order valence-electron chi connectivity index (χ1n) is 8.25. The van der Waals surface area contributed by atoms with Gasteiger partial charge in [0.2, 0.25) is 5.91 Å². The number of hydrogen-bond donors (Lipinski definition) is 2. The first-order valence-corrected chi connectivity index (χ1v) is 8.25. The maximum absolute atomic E-state index is 12.4. The van der Waals surface area contributed by atoms with Crippen LogP contribution in [0.3, 0.4) is 0 Å². The van der Waals surface area contributed by atoms with Gasteiger partial charge in [-0.15, -0.1) is 13.2 Å². The van der Waals surface area contributed by atoms with E-state index in [2.05, 4.69) is 15.4 Å². The maximum Gasteiger partial charge on any atom is 0.573 e. The van der Waals surface area contributed by atoms with E-state index in [-0.39, 0.29) is 18.2 Å². The molecule has 0 saturated carbocycles. The smallest absolute Gasteiger partial charge is 0.405 e. The zero-order valence-corrected chi connectivity index (χ0v) is 13.2. The van der Waals surface area contributed by atoms with Crippen LogP contribution in [0.2, 0.25) is 0 Å². The predicted molar refractivity (Wildman–Crippen MR) is 82.3 cm³/mol. The zero-order valence-electron chi connectivity index (χ0n) is 13.2. The fourth-order valence-corrected chi connectivity index (χ4v) is 3.74. The summed E-state index contributed by atoms with van der Waals surface area (Å²) in [5.74, 6) is -0.0428. The van der Waals surface area contributed by atoms with Crippen LogP contribution in [0.25, 0.3) is 0 Å². The second-order valence-corrected chi connectivity index (χ2v) is 6.61. The third kappa shape index (κ3) is 4.63. The summed E-state index contributed by atoms with van der Waals surface area (Å²) in [6.45, 7) is 0.0307. The molecule has 24 heavy (non-hydrogen) atoms. The SMILES string of the molecule is O=C(CC1CC2CCC(C1)N2)NCc1ccccc1OC(F)(F)F. The number of nitrogens with one attached hydrogen (secondary N) is 2. The van der Waals surface area contributed by atoms with Crippen molar-refractivity contribution in [2.45, 2.75) is 57.1 Å². The Balaban J connectivity index is 1.51. The number of fused-ring (bicyclic) bond motifs is 2. The zero-order chi connectivity index (χ0) is 17.2. The van der Waals surface area contributed by atoms with Crippen molar-refractivity contribution in [3.05, 3.63) is 29.8 Å². The standard InChI is InChI=1S/C17H21F3N2O2/c18-17(19,20)24-15-4-2-1-3-12(15)10-21-16(23)9-11-7-13-5-6-14(8-11)22-13/h1-4,11,13-14,22H,5-10H2,(H,21,23). The van der Waals surface area contributed by atoms with Gasteiger partial charge in [0, 0.05) is 30.6 Å². The Kier molecular flexibility index (Phi) is 4.99. The number of benzene rings is 1. The van der Waals surface area contributed by atoms with E-state index in [0.29, 0.717) is 30.0 Å². The van der Waals surface area contributed by atoms with Crippen LogP contribution in [0.1, 0.15) is 37.7 Å². The van der Waals surface area contributed by atoms with Crippen LogP contribution < -0.4 is 15.4 Å². The second-order valence-electron chi connectivity index (χ2n) is 6.61. The fourth-order valence-electron chi connectivity index (χ4n) is 3.74. The summed E-state index contributed by atoms with van der Waals surface area (Å²) in [5, 5.41) is 6.24. The van der Waals surface area contributed by atoms with Crippen molar-refractivity contribution in [1.29, 1.82) is 0 Å². The first kappa shape index (κ1) is 17.1. The van der Waals surface area contributed by atoms with Crippen molar-refractivity contribution in [2.24, 2.45) is 5.92 Å². The minimum Gasteiger partial charge on any atom is -0.405 e. The molecule has 1 amide bonds. The molecule has 0 radical (unpaired) electrons. The van der Waals surface area contributed by atoms with Gasteiger partial charge in [-0.2, -0.15) is 0 Å². The molecule has 3 rings (SSSR count). The number of hydrogen-bond acceptors (Lipinski definition) is 3. The molecule has 2 atom stereocenters. The summed E-state index contributed by atoms with van der Waals surface area (Å²) < 4.78 is 41.2. The Morgan fingerprint density at radius 3 is 2.54 bits per heavy atom. The molecule has 2 heterocycles. The van der Waals surface area contributed by atoms with Crippen molar-refractivity contribution in [1.82, 2.24) is 10.6 Å². The number of alkyl halides is 3. The predicted octanol–water partition coefficient (Wildman–Crippen LogP) is 3.12. The van der Waals surface area contributed by atoms with Gasteiger partial charge in [0.15, 0.2) is 0 Å². The van der Waals surface area contributed by atoms with E-state index in [4.69, 9.17) is 0 Å². The van der Waals surface area contributed by atoms with Crippen LogP contribution in [0, 0.1) is 5.92 Å². The van der Waals surface area contributed by atoms with E-state index in [1.807, 2.05) is 0 Å². The number of ether oxygens (including phenoxy) is 1. The number of piperidine rings is 1. The molecule has 2 aliphatic heterocycles. The van der Waals surface area contributed by atoms with Gasteiger partial charge in [0.25, 0.3) is 0 Å². The second kappa shape index (κ2) is 7.01. The molecule has 0 spiro atoms. The average Bonchev–Trinajstić information content (AvgIpc) is 2.84. The molecule has 2 aliphatic rings. The third-order valence-corrected chi connectivity index (χ3v) is 4.72. The molecule has 2 bridgehead atoms. The largest absolute Gasteiger partial charge is 0.573 e. The molecule has 7 heteroatoms. The molecule has 0 aliphatic carbocycles. The highest BCUT2D eigenvalue weighted by molar-refractivity contribution is 5.76. The molecule has 132 valence electrons. The van der Waals surface area contributed by atoms with Crippen LogP contribution in [0.15, 0.2) is 24.3 Å². The van der Waals surface area contributed by atoms with Crippen LogP contribution >= 0.6 is 0 Å². The number of carbonyl (C=O) groups excluding carboxylic acids is 1. The molecule has 2 unspecified atom stereocenters. The average molecular weight is 342 g/mol. The number of para-hydroxylation sites is 1. The summed E-state index contributed by atoms with van der Waals surface area (Å²) in [6, 6.07) is 6.89. The van der Waals surface area contributed by atoms with Gasteiger partial charge in [-0.3, -0.25) is 4.79 Å². The molecular weight excluding hydrogens is 321 g/mol. The van der Waals surface area contributed by atoms with Crippen LogP contribution in [-0.4, -0.2) is 24.4 Å². The highest BCUT2D eigenvalue weighted by Gasteiger charge is 2.34. The lowest BCUT2D eigenvalue weighted by Crippen LogP contribution is -2.39. The van der Waals surface area contributed by atoms with Gasteiger partial charge in [0.1, 0.15) is 5.75 Å². The van der Waals surface area contributed by atoms with E-state index < -0.39 is 6.36 Å². The van der Waals surface area contributed by atoms with Gasteiger partial charge < -0.3 is 15.4 Å². The van der Waals surface area contributed by atoms with Gasteiger partial charge in [-0.25, -0.2) is 0 Å². The molecule has 0 aromatic heterocycles. The van der Waals surface area contributed by atoms with Gasteiger partial charge in [-0.05, 0) is 37.7 Å². The van der Waals surface area contributed by atoms with E-state index in [1.54, 1.807) is 6.07 Å². The summed E-state index contributed by atoms with van der Waals surface area (Å²) >= 11 is 0. The van der Waals surface area contributed by atoms with E-state index in [0.717, 1.165) is 12.8 Å². The molecule has 4 nitrogen and oxygen atoms in total.